The molecule has 2 heterocycles. The molecule has 2 aromatic rings. The molecule has 0 saturated heterocycles. The lowest BCUT2D eigenvalue weighted by molar-refractivity contribution is 0.792. The zero-order valence-corrected chi connectivity index (χ0v) is 14.9. The maximum absolute atomic E-state index is 4.62. The summed E-state index contributed by atoms with van der Waals surface area (Å²) >= 11 is 1.68. The molecule has 23 heavy (non-hydrogen) atoms. The Balaban J connectivity index is 1.86. The maximum atomic E-state index is 4.62. The van der Waals surface area contributed by atoms with Gasteiger partial charge in [-0.15, -0.1) is 11.3 Å². The summed E-state index contributed by atoms with van der Waals surface area (Å²) in [5, 5.41) is 9.80. The summed E-state index contributed by atoms with van der Waals surface area (Å²) in [4.78, 5) is 13.4. The summed E-state index contributed by atoms with van der Waals surface area (Å²) in [7, 11) is 0. The third-order valence-electron chi connectivity index (χ3n) is 3.31. The normalized spacial score (nSPS) is 11.7. The Kier molecular flexibility index (Phi) is 7.00. The average molecular weight is 331 g/mol. The van der Waals surface area contributed by atoms with Gasteiger partial charge in [0.05, 0.1) is 12.2 Å². The zero-order valence-electron chi connectivity index (χ0n) is 14.0. The van der Waals surface area contributed by atoms with Crippen LogP contribution in [0, 0.1) is 0 Å². The summed E-state index contributed by atoms with van der Waals surface area (Å²) in [5.74, 6) is 1.30. The van der Waals surface area contributed by atoms with Crippen LogP contribution in [0.25, 0.3) is 0 Å². The average Bonchev–Trinajstić information content (AvgIpc) is 3.03. The molecule has 2 aromatic heterocycles. The van der Waals surface area contributed by atoms with Crippen molar-refractivity contribution in [3.63, 3.8) is 0 Å². The summed E-state index contributed by atoms with van der Waals surface area (Å²) in [5.41, 5.74) is 2.37. The molecule has 0 saturated carbocycles. The van der Waals surface area contributed by atoms with E-state index in [1.165, 1.54) is 5.56 Å². The smallest absolute Gasteiger partial charge is 0.191 e. The minimum absolute atomic E-state index is 0.467. The van der Waals surface area contributed by atoms with Crippen molar-refractivity contribution in [1.82, 2.24) is 20.6 Å². The molecule has 0 aliphatic carbocycles. The standard InChI is InChI=1S/C17H25N5S/c1-4-19-17(20-9-7-14-6-5-8-18-10-14)21-11-16-22-15(12-23-16)13(2)3/h5-6,8,10,12-13H,4,7,9,11H2,1-3H3,(H2,19,20,21). The fourth-order valence-electron chi connectivity index (χ4n) is 2.02. The van der Waals surface area contributed by atoms with E-state index in [-0.39, 0.29) is 0 Å². The lowest BCUT2D eigenvalue weighted by Gasteiger charge is -2.10. The van der Waals surface area contributed by atoms with E-state index >= 15 is 0 Å². The molecule has 0 atom stereocenters. The highest BCUT2D eigenvalue weighted by atomic mass is 32.1. The molecule has 0 aromatic carbocycles. The van der Waals surface area contributed by atoms with Crippen molar-refractivity contribution in [2.75, 3.05) is 13.1 Å². The third kappa shape index (κ3) is 5.98. The Bertz CT molecular complexity index is 606. The highest BCUT2D eigenvalue weighted by Crippen LogP contribution is 2.18. The number of aliphatic imine (C=N–C) groups is 1. The number of nitrogens with one attached hydrogen (secondary N) is 2. The molecule has 124 valence electrons. The van der Waals surface area contributed by atoms with E-state index in [9.17, 15) is 0 Å². The van der Waals surface area contributed by atoms with Crippen LogP contribution in [0.5, 0.6) is 0 Å². The first-order valence-electron chi connectivity index (χ1n) is 8.04. The minimum atomic E-state index is 0.467. The van der Waals surface area contributed by atoms with E-state index in [1.54, 1.807) is 17.5 Å². The lowest BCUT2D eigenvalue weighted by atomic mass is 10.2. The highest BCUT2D eigenvalue weighted by Gasteiger charge is 2.05. The predicted octanol–water partition coefficient (Wildman–Crippen LogP) is 2.96. The molecule has 5 nitrogen and oxygen atoms in total. The van der Waals surface area contributed by atoms with Gasteiger partial charge in [-0.05, 0) is 30.9 Å². The second-order valence-electron chi connectivity index (χ2n) is 5.55. The maximum Gasteiger partial charge on any atom is 0.191 e. The summed E-state index contributed by atoms with van der Waals surface area (Å²) in [6, 6.07) is 4.05. The van der Waals surface area contributed by atoms with E-state index in [0.717, 1.165) is 36.2 Å². The number of hydrogen-bond donors (Lipinski definition) is 2. The molecule has 0 aliphatic rings. The van der Waals surface area contributed by atoms with Crippen LogP contribution in [-0.2, 0) is 13.0 Å². The molecule has 0 aliphatic heterocycles. The van der Waals surface area contributed by atoms with Gasteiger partial charge in [-0.25, -0.2) is 9.98 Å². The van der Waals surface area contributed by atoms with Crippen LogP contribution in [0.4, 0.5) is 0 Å². The molecule has 0 amide bonds. The monoisotopic (exact) mass is 331 g/mol. The van der Waals surface area contributed by atoms with Gasteiger partial charge in [-0.2, -0.15) is 0 Å². The van der Waals surface area contributed by atoms with E-state index in [0.29, 0.717) is 12.5 Å². The molecular formula is C17H25N5S. The fraction of sp³-hybridized carbons (Fsp3) is 0.471. The van der Waals surface area contributed by atoms with Crippen molar-refractivity contribution in [3.8, 4) is 0 Å². The number of hydrogen-bond acceptors (Lipinski definition) is 4. The summed E-state index contributed by atoms with van der Waals surface area (Å²) in [6.45, 7) is 8.66. The Morgan fingerprint density at radius 1 is 1.35 bits per heavy atom. The Labute approximate surface area is 142 Å². The van der Waals surface area contributed by atoms with Crippen LogP contribution in [0.1, 0.15) is 43.0 Å². The van der Waals surface area contributed by atoms with Gasteiger partial charge in [0.2, 0.25) is 0 Å². The number of thiazole rings is 1. The number of pyridine rings is 1. The first-order chi connectivity index (χ1) is 11.2. The van der Waals surface area contributed by atoms with Gasteiger partial charge in [0.1, 0.15) is 5.01 Å². The van der Waals surface area contributed by atoms with Gasteiger partial charge < -0.3 is 10.6 Å². The zero-order chi connectivity index (χ0) is 16.5. The topological polar surface area (TPSA) is 62.2 Å². The summed E-state index contributed by atoms with van der Waals surface area (Å²) in [6.07, 6.45) is 4.61. The van der Waals surface area contributed by atoms with Crippen LogP contribution in [0.3, 0.4) is 0 Å². The van der Waals surface area contributed by atoms with Crippen molar-refractivity contribution in [2.24, 2.45) is 4.99 Å². The molecule has 0 bridgehead atoms. The van der Waals surface area contributed by atoms with Crippen molar-refractivity contribution in [3.05, 3.63) is 46.2 Å². The van der Waals surface area contributed by atoms with Gasteiger partial charge in [-0.1, -0.05) is 19.9 Å². The quantitative estimate of drug-likeness (QED) is 0.605. The van der Waals surface area contributed by atoms with Gasteiger partial charge in [0, 0.05) is 30.9 Å². The largest absolute Gasteiger partial charge is 0.357 e. The third-order valence-corrected chi connectivity index (χ3v) is 4.16. The minimum Gasteiger partial charge on any atom is -0.357 e. The van der Waals surface area contributed by atoms with Crippen molar-refractivity contribution < 1.29 is 0 Å². The Hall–Kier alpha value is -1.95. The molecule has 0 unspecified atom stereocenters. The first-order valence-corrected chi connectivity index (χ1v) is 8.92. The molecule has 0 spiro atoms. The van der Waals surface area contributed by atoms with Crippen molar-refractivity contribution in [1.29, 1.82) is 0 Å². The fourth-order valence-corrected chi connectivity index (χ4v) is 2.90. The van der Waals surface area contributed by atoms with Crippen LogP contribution in [-0.4, -0.2) is 29.0 Å². The second-order valence-corrected chi connectivity index (χ2v) is 6.50. The molecule has 2 rings (SSSR count). The SMILES string of the molecule is CCNC(=NCc1nc(C(C)C)cs1)NCCc1cccnc1. The highest BCUT2D eigenvalue weighted by molar-refractivity contribution is 7.09. The van der Waals surface area contributed by atoms with Crippen LogP contribution in [0.2, 0.25) is 0 Å². The number of aromatic nitrogens is 2. The first kappa shape index (κ1) is 17.4. The lowest BCUT2D eigenvalue weighted by Crippen LogP contribution is -2.38. The van der Waals surface area contributed by atoms with E-state index in [2.05, 4.69) is 57.8 Å². The molecule has 6 heteroatoms. The van der Waals surface area contributed by atoms with Crippen LogP contribution >= 0.6 is 11.3 Å². The van der Waals surface area contributed by atoms with E-state index in [4.69, 9.17) is 0 Å². The van der Waals surface area contributed by atoms with Crippen molar-refractivity contribution in [2.45, 2.75) is 39.7 Å². The van der Waals surface area contributed by atoms with Gasteiger partial charge >= 0.3 is 0 Å². The van der Waals surface area contributed by atoms with Crippen molar-refractivity contribution >= 4 is 17.3 Å². The number of nitrogens with zero attached hydrogens (tertiary/aromatic N) is 3. The van der Waals surface area contributed by atoms with Crippen LogP contribution < -0.4 is 10.6 Å². The Morgan fingerprint density at radius 3 is 2.87 bits per heavy atom. The van der Waals surface area contributed by atoms with Gasteiger partial charge in [-0.3, -0.25) is 4.98 Å². The van der Waals surface area contributed by atoms with E-state index < -0.39 is 0 Å². The molecule has 0 radical (unpaired) electrons. The summed E-state index contributed by atoms with van der Waals surface area (Å²) < 4.78 is 0. The number of rotatable bonds is 7. The van der Waals surface area contributed by atoms with Gasteiger partial charge in [0.15, 0.2) is 5.96 Å². The van der Waals surface area contributed by atoms with Crippen LogP contribution in [0.15, 0.2) is 34.9 Å². The molecule has 2 N–H and O–H groups in total. The second kappa shape index (κ2) is 9.25. The Morgan fingerprint density at radius 2 is 2.22 bits per heavy atom. The number of guanidine groups is 1. The molecular weight excluding hydrogens is 306 g/mol. The molecule has 0 fully saturated rings. The van der Waals surface area contributed by atoms with E-state index in [1.807, 2.05) is 12.3 Å². The predicted molar refractivity (Wildman–Crippen MR) is 97.0 cm³/mol. The van der Waals surface area contributed by atoms with Gasteiger partial charge in [0.25, 0.3) is 0 Å².